The number of aromatic nitrogens is 2. The normalized spacial score (nSPS) is 10.3. The molecule has 26 heavy (non-hydrogen) atoms. The van der Waals surface area contributed by atoms with E-state index in [1.165, 1.54) is 0 Å². The molecule has 1 heterocycles. The monoisotopic (exact) mass is 350 g/mol. The molecule has 134 valence electrons. The number of benzene rings is 2. The molecule has 0 aliphatic carbocycles. The number of nitrogens with zero attached hydrogens (tertiary/aromatic N) is 2. The minimum absolute atomic E-state index is 0.575. The summed E-state index contributed by atoms with van der Waals surface area (Å²) < 4.78 is 10.4. The Kier molecular flexibility index (Phi) is 5.53. The molecule has 0 unspecified atom stereocenters. The molecule has 0 atom stereocenters. The largest absolute Gasteiger partial charge is 0.497 e. The zero-order valence-corrected chi connectivity index (χ0v) is 15.1. The Morgan fingerprint density at radius 3 is 2.38 bits per heavy atom. The lowest BCUT2D eigenvalue weighted by Crippen LogP contribution is -2.06. The lowest BCUT2D eigenvalue weighted by atomic mass is 10.2. The second kappa shape index (κ2) is 8.20. The molecule has 0 fully saturated rings. The fraction of sp³-hybridized carbons (Fsp3) is 0.200. The highest BCUT2D eigenvalue weighted by atomic mass is 16.5. The van der Waals surface area contributed by atoms with Crippen molar-refractivity contribution in [2.24, 2.45) is 0 Å². The third-order valence-corrected chi connectivity index (χ3v) is 3.81. The zero-order valence-electron chi connectivity index (χ0n) is 15.1. The third-order valence-electron chi connectivity index (χ3n) is 3.81. The molecule has 3 aromatic rings. The number of hydrogen-bond donors (Lipinski definition) is 2. The van der Waals surface area contributed by atoms with Gasteiger partial charge in [-0.25, -0.2) is 4.98 Å². The summed E-state index contributed by atoms with van der Waals surface area (Å²) >= 11 is 0. The molecule has 0 aliphatic heterocycles. The molecule has 0 radical (unpaired) electrons. The molecular formula is C20H22N4O2. The van der Waals surface area contributed by atoms with Crippen LogP contribution in [0.2, 0.25) is 0 Å². The van der Waals surface area contributed by atoms with Gasteiger partial charge in [0, 0.05) is 30.1 Å². The fourth-order valence-corrected chi connectivity index (χ4v) is 2.48. The van der Waals surface area contributed by atoms with Crippen molar-refractivity contribution in [3.8, 4) is 11.5 Å². The van der Waals surface area contributed by atoms with Crippen molar-refractivity contribution in [3.63, 3.8) is 0 Å². The fourth-order valence-electron chi connectivity index (χ4n) is 2.48. The summed E-state index contributed by atoms with van der Waals surface area (Å²) in [4.78, 5) is 8.98. The van der Waals surface area contributed by atoms with Crippen molar-refractivity contribution < 1.29 is 9.47 Å². The highest BCUT2D eigenvalue weighted by molar-refractivity contribution is 5.59. The zero-order chi connectivity index (χ0) is 18.4. The highest BCUT2D eigenvalue weighted by Crippen LogP contribution is 2.21. The highest BCUT2D eigenvalue weighted by Gasteiger charge is 2.04. The minimum Gasteiger partial charge on any atom is -0.497 e. The first-order chi connectivity index (χ1) is 12.7. The summed E-state index contributed by atoms with van der Waals surface area (Å²) in [5, 5.41) is 6.55. The molecule has 0 bridgehead atoms. The maximum absolute atomic E-state index is 5.25. The third kappa shape index (κ3) is 4.63. The van der Waals surface area contributed by atoms with E-state index in [0.717, 1.165) is 34.3 Å². The molecule has 6 heteroatoms. The Morgan fingerprint density at radius 1 is 0.885 bits per heavy atom. The van der Waals surface area contributed by atoms with Crippen LogP contribution in [-0.4, -0.2) is 24.2 Å². The van der Waals surface area contributed by atoms with Crippen molar-refractivity contribution in [2.45, 2.75) is 13.5 Å². The van der Waals surface area contributed by atoms with Crippen LogP contribution in [0.1, 0.15) is 11.3 Å². The number of ether oxygens (including phenoxy) is 2. The molecule has 0 saturated heterocycles. The van der Waals surface area contributed by atoms with Crippen LogP contribution in [0.3, 0.4) is 0 Å². The number of nitrogens with one attached hydrogen (secondary N) is 2. The summed E-state index contributed by atoms with van der Waals surface area (Å²) in [5.41, 5.74) is 2.91. The minimum atomic E-state index is 0.575. The number of methoxy groups -OCH3 is 2. The average Bonchev–Trinajstić information content (AvgIpc) is 2.66. The Balaban J connectivity index is 1.70. The molecular weight excluding hydrogens is 328 g/mol. The van der Waals surface area contributed by atoms with E-state index in [1.807, 2.05) is 61.5 Å². The van der Waals surface area contributed by atoms with E-state index in [0.29, 0.717) is 12.5 Å². The van der Waals surface area contributed by atoms with Gasteiger partial charge in [0.1, 0.15) is 17.3 Å². The number of aryl methyl sites for hydroxylation is 1. The molecule has 1 aromatic heterocycles. The van der Waals surface area contributed by atoms with Crippen LogP contribution in [0.5, 0.6) is 11.5 Å². The maximum atomic E-state index is 5.25. The van der Waals surface area contributed by atoms with Crippen molar-refractivity contribution in [2.75, 3.05) is 24.9 Å². The maximum Gasteiger partial charge on any atom is 0.225 e. The Labute approximate surface area is 153 Å². The van der Waals surface area contributed by atoms with Crippen LogP contribution >= 0.6 is 0 Å². The summed E-state index contributed by atoms with van der Waals surface area (Å²) in [6.45, 7) is 2.57. The standard InChI is InChI=1S/C20H22N4O2/c1-14-11-19(23-16-5-4-6-18(12-16)26-3)24-20(22-14)21-13-15-7-9-17(25-2)10-8-15/h4-12H,13H2,1-3H3,(H2,21,22,23,24). The van der Waals surface area contributed by atoms with Gasteiger partial charge in [0.15, 0.2) is 0 Å². The van der Waals surface area contributed by atoms with Crippen LogP contribution < -0.4 is 20.1 Å². The van der Waals surface area contributed by atoms with Crippen LogP contribution in [0, 0.1) is 6.92 Å². The predicted molar refractivity (Wildman–Crippen MR) is 103 cm³/mol. The molecule has 2 N–H and O–H groups in total. The molecule has 3 rings (SSSR count). The van der Waals surface area contributed by atoms with Gasteiger partial charge in [-0.05, 0) is 36.8 Å². The van der Waals surface area contributed by atoms with Gasteiger partial charge in [0.2, 0.25) is 5.95 Å². The number of rotatable bonds is 7. The Hall–Kier alpha value is -3.28. The van der Waals surface area contributed by atoms with E-state index in [4.69, 9.17) is 9.47 Å². The molecule has 0 aliphatic rings. The Bertz CT molecular complexity index is 866. The quantitative estimate of drug-likeness (QED) is 0.667. The van der Waals surface area contributed by atoms with E-state index >= 15 is 0 Å². The average molecular weight is 350 g/mol. The first-order valence-electron chi connectivity index (χ1n) is 8.30. The van der Waals surface area contributed by atoms with Crippen molar-refractivity contribution >= 4 is 17.5 Å². The van der Waals surface area contributed by atoms with Gasteiger partial charge in [0.25, 0.3) is 0 Å². The summed E-state index contributed by atoms with van der Waals surface area (Å²) in [6.07, 6.45) is 0. The van der Waals surface area contributed by atoms with Gasteiger partial charge in [-0.2, -0.15) is 4.98 Å². The second-order valence-electron chi connectivity index (χ2n) is 5.78. The van der Waals surface area contributed by atoms with E-state index in [2.05, 4.69) is 20.6 Å². The van der Waals surface area contributed by atoms with Crippen molar-refractivity contribution in [1.29, 1.82) is 0 Å². The van der Waals surface area contributed by atoms with Gasteiger partial charge in [-0.1, -0.05) is 18.2 Å². The van der Waals surface area contributed by atoms with Crippen molar-refractivity contribution in [1.82, 2.24) is 9.97 Å². The van der Waals surface area contributed by atoms with E-state index < -0.39 is 0 Å². The van der Waals surface area contributed by atoms with Crippen LogP contribution in [0.15, 0.2) is 54.6 Å². The number of anilines is 3. The lowest BCUT2D eigenvalue weighted by Gasteiger charge is -2.11. The van der Waals surface area contributed by atoms with Gasteiger partial charge in [-0.3, -0.25) is 0 Å². The van der Waals surface area contributed by atoms with Crippen molar-refractivity contribution in [3.05, 3.63) is 65.9 Å². The van der Waals surface area contributed by atoms with Crippen LogP contribution in [-0.2, 0) is 6.54 Å². The van der Waals surface area contributed by atoms with Gasteiger partial charge < -0.3 is 20.1 Å². The first kappa shape index (κ1) is 17.5. The van der Waals surface area contributed by atoms with Gasteiger partial charge in [0.05, 0.1) is 14.2 Å². The smallest absolute Gasteiger partial charge is 0.225 e. The molecule has 6 nitrogen and oxygen atoms in total. The Morgan fingerprint density at radius 2 is 1.65 bits per heavy atom. The van der Waals surface area contributed by atoms with E-state index in [-0.39, 0.29) is 0 Å². The molecule has 0 spiro atoms. The van der Waals surface area contributed by atoms with E-state index in [1.54, 1.807) is 14.2 Å². The topological polar surface area (TPSA) is 68.3 Å². The first-order valence-corrected chi connectivity index (χ1v) is 8.30. The predicted octanol–water partition coefficient (Wildman–Crippen LogP) is 4.16. The molecule has 0 saturated carbocycles. The summed E-state index contributed by atoms with van der Waals surface area (Å²) in [6, 6.07) is 17.5. The SMILES string of the molecule is COc1ccc(CNc2nc(C)cc(Nc3cccc(OC)c3)n2)cc1. The second-order valence-corrected chi connectivity index (χ2v) is 5.78. The van der Waals surface area contributed by atoms with Crippen LogP contribution in [0.4, 0.5) is 17.5 Å². The number of hydrogen-bond acceptors (Lipinski definition) is 6. The summed E-state index contributed by atoms with van der Waals surface area (Å²) in [5.74, 6) is 2.93. The van der Waals surface area contributed by atoms with Gasteiger partial charge >= 0.3 is 0 Å². The van der Waals surface area contributed by atoms with Gasteiger partial charge in [-0.15, -0.1) is 0 Å². The molecule has 0 amide bonds. The molecule has 2 aromatic carbocycles. The van der Waals surface area contributed by atoms with E-state index in [9.17, 15) is 0 Å². The van der Waals surface area contributed by atoms with Crippen LogP contribution in [0.25, 0.3) is 0 Å². The lowest BCUT2D eigenvalue weighted by molar-refractivity contribution is 0.414. The summed E-state index contributed by atoms with van der Waals surface area (Å²) in [7, 11) is 3.31.